The average Bonchev–Trinajstić information content (AvgIpc) is 3.09. The molecule has 1 N–H and O–H groups in total. The molecule has 0 saturated heterocycles. The molecule has 7 nitrogen and oxygen atoms in total. The van der Waals surface area contributed by atoms with Gasteiger partial charge in [0.1, 0.15) is 11.5 Å². The fourth-order valence-corrected chi connectivity index (χ4v) is 3.70. The highest BCUT2D eigenvalue weighted by molar-refractivity contribution is 9.10. The first kappa shape index (κ1) is 21.2. The summed E-state index contributed by atoms with van der Waals surface area (Å²) in [6.07, 6.45) is -0.302. The molecule has 1 heterocycles. The van der Waals surface area contributed by atoms with Gasteiger partial charge in [0.15, 0.2) is 17.1 Å². The zero-order valence-electron chi connectivity index (χ0n) is 16.3. The number of methoxy groups -OCH3 is 1. The van der Waals surface area contributed by atoms with E-state index in [9.17, 15) is 4.79 Å². The highest BCUT2D eigenvalue weighted by atomic mass is 79.9. The van der Waals surface area contributed by atoms with Gasteiger partial charge in [-0.3, -0.25) is 4.79 Å². The van der Waals surface area contributed by atoms with Crippen LogP contribution in [0.25, 0.3) is 0 Å². The van der Waals surface area contributed by atoms with Gasteiger partial charge in [-0.2, -0.15) is 0 Å². The van der Waals surface area contributed by atoms with Crippen LogP contribution < -0.4 is 14.8 Å². The molecular weight excluding hydrogens is 456 g/mol. The molecule has 0 bridgehead atoms. The molecule has 1 amide bonds. The van der Waals surface area contributed by atoms with Crippen molar-refractivity contribution >= 4 is 39.3 Å². The standard InChI is InChI=1S/C20H21BrN4O3S/c1-13(28-15-10-8-14(27-3)9-11-15)19-23-24-20(25(19)2)29-12-18(26)22-17-7-5-4-6-16(17)21/h4-11,13H,12H2,1-3H3,(H,22,26). The van der Waals surface area contributed by atoms with Gasteiger partial charge in [-0.05, 0) is 59.3 Å². The number of aromatic nitrogens is 3. The minimum Gasteiger partial charge on any atom is -0.497 e. The number of benzene rings is 2. The molecule has 0 fully saturated rings. The van der Waals surface area contributed by atoms with Crippen LogP contribution in [0.15, 0.2) is 58.2 Å². The van der Waals surface area contributed by atoms with E-state index < -0.39 is 0 Å². The quantitative estimate of drug-likeness (QED) is 0.483. The Labute approximate surface area is 181 Å². The van der Waals surface area contributed by atoms with E-state index in [1.54, 1.807) is 7.11 Å². The molecular formula is C20H21BrN4O3S. The van der Waals surface area contributed by atoms with Gasteiger partial charge in [-0.15, -0.1) is 10.2 Å². The number of hydrogen-bond donors (Lipinski definition) is 1. The van der Waals surface area contributed by atoms with Crippen LogP contribution in [0.3, 0.4) is 0 Å². The van der Waals surface area contributed by atoms with E-state index in [0.29, 0.717) is 16.7 Å². The summed E-state index contributed by atoms with van der Waals surface area (Å²) in [5.41, 5.74) is 0.735. The summed E-state index contributed by atoms with van der Waals surface area (Å²) in [5, 5.41) is 11.9. The van der Waals surface area contributed by atoms with Crippen molar-refractivity contribution in [1.29, 1.82) is 0 Å². The molecule has 0 spiro atoms. The SMILES string of the molecule is COc1ccc(OC(C)c2nnc(SCC(=O)Nc3ccccc3Br)n2C)cc1. The predicted molar refractivity (Wildman–Crippen MR) is 117 cm³/mol. The van der Waals surface area contributed by atoms with Gasteiger partial charge in [0, 0.05) is 11.5 Å². The number of thioether (sulfide) groups is 1. The molecule has 152 valence electrons. The van der Waals surface area contributed by atoms with Crippen molar-refractivity contribution < 1.29 is 14.3 Å². The number of carbonyl (C=O) groups is 1. The Morgan fingerprint density at radius 1 is 1.17 bits per heavy atom. The third kappa shape index (κ3) is 5.51. The molecule has 9 heteroatoms. The maximum atomic E-state index is 12.2. The van der Waals surface area contributed by atoms with Crippen LogP contribution in [-0.4, -0.2) is 33.5 Å². The van der Waals surface area contributed by atoms with Gasteiger partial charge < -0.3 is 19.4 Å². The number of amides is 1. The fourth-order valence-electron chi connectivity index (χ4n) is 2.60. The summed E-state index contributed by atoms with van der Waals surface area (Å²) < 4.78 is 13.8. The molecule has 0 radical (unpaired) electrons. The maximum absolute atomic E-state index is 12.2. The highest BCUT2D eigenvalue weighted by Crippen LogP contribution is 2.26. The molecule has 3 rings (SSSR count). The van der Waals surface area contributed by atoms with Crippen molar-refractivity contribution in [2.24, 2.45) is 7.05 Å². The smallest absolute Gasteiger partial charge is 0.234 e. The molecule has 2 aromatic carbocycles. The Hall–Kier alpha value is -2.52. The number of nitrogens with zero attached hydrogens (tertiary/aromatic N) is 3. The summed E-state index contributed by atoms with van der Waals surface area (Å²) in [5.74, 6) is 2.26. The van der Waals surface area contributed by atoms with Gasteiger partial charge in [-0.25, -0.2) is 0 Å². The van der Waals surface area contributed by atoms with Crippen LogP contribution in [0, 0.1) is 0 Å². The second kappa shape index (κ2) is 9.80. The van der Waals surface area contributed by atoms with Gasteiger partial charge in [0.25, 0.3) is 0 Å². The molecule has 3 aromatic rings. The molecule has 1 aromatic heterocycles. The van der Waals surface area contributed by atoms with Crippen molar-refractivity contribution in [3.8, 4) is 11.5 Å². The van der Waals surface area contributed by atoms with Gasteiger partial charge in [0.2, 0.25) is 5.91 Å². The van der Waals surface area contributed by atoms with Crippen molar-refractivity contribution in [2.45, 2.75) is 18.2 Å². The summed E-state index contributed by atoms with van der Waals surface area (Å²) in [6.45, 7) is 1.91. The number of hydrogen-bond acceptors (Lipinski definition) is 6. The lowest BCUT2D eigenvalue weighted by molar-refractivity contribution is -0.113. The van der Waals surface area contributed by atoms with Crippen molar-refractivity contribution in [2.75, 3.05) is 18.2 Å². The molecule has 1 atom stereocenters. The minimum atomic E-state index is -0.302. The van der Waals surface area contributed by atoms with Crippen molar-refractivity contribution in [3.63, 3.8) is 0 Å². The third-order valence-corrected chi connectivity index (χ3v) is 5.80. The predicted octanol–water partition coefficient (Wildman–Crippen LogP) is 4.46. The van der Waals surface area contributed by atoms with E-state index in [1.807, 2.05) is 67.1 Å². The number of nitrogens with one attached hydrogen (secondary N) is 1. The Kier molecular flexibility index (Phi) is 7.16. The van der Waals surface area contributed by atoms with Crippen LogP contribution in [0.5, 0.6) is 11.5 Å². The lowest BCUT2D eigenvalue weighted by Gasteiger charge is -2.14. The Bertz CT molecular complexity index is 978. The highest BCUT2D eigenvalue weighted by Gasteiger charge is 2.18. The Morgan fingerprint density at radius 2 is 1.86 bits per heavy atom. The average molecular weight is 477 g/mol. The number of halogens is 1. The number of ether oxygens (including phenoxy) is 2. The van der Waals surface area contributed by atoms with Crippen LogP contribution in [0.1, 0.15) is 18.9 Å². The number of rotatable bonds is 8. The minimum absolute atomic E-state index is 0.117. The van der Waals surface area contributed by atoms with Gasteiger partial charge >= 0.3 is 0 Å². The second-order valence-electron chi connectivity index (χ2n) is 6.15. The third-order valence-electron chi connectivity index (χ3n) is 4.08. The first-order valence-corrected chi connectivity index (χ1v) is 10.6. The molecule has 0 aliphatic carbocycles. The lowest BCUT2D eigenvalue weighted by Crippen LogP contribution is -2.15. The van der Waals surface area contributed by atoms with Gasteiger partial charge in [0.05, 0.1) is 18.6 Å². The van der Waals surface area contributed by atoms with E-state index in [1.165, 1.54) is 11.8 Å². The van der Waals surface area contributed by atoms with E-state index in [2.05, 4.69) is 31.4 Å². The summed E-state index contributed by atoms with van der Waals surface area (Å²) >= 11 is 4.74. The van der Waals surface area contributed by atoms with E-state index in [4.69, 9.17) is 9.47 Å². The number of carbonyl (C=O) groups excluding carboxylic acids is 1. The molecule has 29 heavy (non-hydrogen) atoms. The zero-order valence-corrected chi connectivity index (χ0v) is 18.7. The lowest BCUT2D eigenvalue weighted by atomic mass is 10.3. The van der Waals surface area contributed by atoms with Crippen LogP contribution in [-0.2, 0) is 11.8 Å². The summed E-state index contributed by atoms with van der Waals surface area (Å²) in [7, 11) is 3.48. The number of para-hydroxylation sites is 1. The van der Waals surface area contributed by atoms with Gasteiger partial charge in [-0.1, -0.05) is 23.9 Å². The molecule has 0 saturated carbocycles. The molecule has 1 unspecified atom stereocenters. The summed E-state index contributed by atoms with van der Waals surface area (Å²) in [4.78, 5) is 12.2. The molecule has 0 aliphatic rings. The Balaban J connectivity index is 1.58. The monoisotopic (exact) mass is 476 g/mol. The topological polar surface area (TPSA) is 78.3 Å². The number of anilines is 1. The van der Waals surface area contributed by atoms with Crippen molar-refractivity contribution in [1.82, 2.24) is 14.8 Å². The second-order valence-corrected chi connectivity index (χ2v) is 7.95. The largest absolute Gasteiger partial charge is 0.497 e. The van der Waals surface area contributed by atoms with Crippen molar-refractivity contribution in [3.05, 3.63) is 58.8 Å². The zero-order chi connectivity index (χ0) is 20.8. The van der Waals surface area contributed by atoms with Crippen LogP contribution in [0.4, 0.5) is 5.69 Å². The van der Waals surface area contributed by atoms with E-state index in [0.717, 1.165) is 15.9 Å². The van der Waals surface area contributed by atoms with Crippen LogP contribution >= 0.6 is 27.7 Å². The molecule has 0 aliphatic heterocycles. The van der Waals surface area contributed by atoms with E-state index in [-0.39, 0.29) is 17.8 Å². The maximum Gasteiger partial charge on any atom is 0.234 e. The van der Waals surface area contributed by atoms with E-state index >= 15 is 0 Å². The fraction of sp³-hybridized carbons (Fsp3) is 0.250. The Morgan fingerprint density at radius 3 is 2.55 bits per heavy atom. The first-order chi connectivity index (χ1) is 14.0. The normalized spacial score (nSPS) is 11.7. The summed E-state index contributed by atoms with van der Waals surface area (Å²) in [6, 6.07) is 14.8. The first-order valence-electron chi connectivity index (χ1n) is 8.85. The van der Waals surface area contributed by atoms with Crippen LogP contribution in [0.2, 0.25) is 0 Å².